The van der Waals surface area contributed by atoms with Crippen LogP contribution in [-0.4, -0.2) is 28.1 Å². The average Bonchev–Trinajstić information content (AvgIpc) is 2.73. The van der Waals surface area contributed by atoms with Gasteiger partial charge in [-0.05, 0) is 19.1 Å². The van der Waals surface area contributed by atoms with E-state index in [4.69, 9.17) is 0 Å². The van der Waals surface area contributed by atoms with Crippen LogP contribution in [0.3, 0.4) is 0 Å². The molecular formula is C12H11N3OS. The number of nitrogens with zero attached hydrogens (tertiary/aromatic N) is 3. The Bertz CT molecular complexity index is 504. The smallest absolute Gasteiger partial charge is 0.237 e. The van der Waals surface area contributed by atoms with Crippen molar-refractivity contribution in [2.24, 2.45) is 0 Å². The Morgan fingerprint density at radius 2 is 2.47 bits per heavy atom. The summed E-state index contributed by atoms with van der Waals surface area (Å²) in [6, 6.07) is 7.56. The number of amides is 1. The van der Waals surface area contributed by atoms with Gasteiger partial charge >= 0.3 is 0 Å². The second kappa shape index (κ2) is 5.02. The van der Waals surface area contributed by atoms with Gasteiger partial charge in [-0.1, -0.05) is 17.8 Å². The molecule has 0 radical (unpaired) electrons. The predicted octanol–water partition coefficient (Wildman–Crippen LogP) is 1.87. The number of hydrogen-bond acceptors (Lipinski definition) is 4. The Hall–Kier alpha value is -1.80. The van der Waals surface area contributed by atoms with Gasteiger partial charge in [0.1, 0.15) is 11.6 Å². The summed E-state index contributed by atoms with van der Waals surface area (Å²) >= 11 is 1.40. The van der Waals surface area contributed by atoms with Crippen LogP contribution in [0.5, 0.6) is 0 Å². The van der Waals surface area contributed by atoms with Gasteiger partial charge in [-0.15, -0.1) is 0 Å². The van der Waals surface area contributed by atoms with E-state index in [2.05, 4.69) is 11.1 Å². The van der Waals surface area contributed by atoms with Crippen LogP contribution >= 0.6 is 11.8 Å². The number of carbonyl (C=O) groups is 1. The lowest BCUT2D eigenvalue weighted by molar-refractivity contribution is -0.125. The van der Waals surface area contributed by atoms with Crippen LogP contribution in [0.4, 0.5) is 0 Å². The molecule has 0 bridgehead atoms. The SMILES string of the molecule is CCN1C(=O)CSC1=C(C#N)c1ccccn1. The van der Waals surface area contributed by atoms with Crippen LogP contribution in [0, 0.1) is 11.3 Å². The maximum atomic E-state index is 11.6. The molecule has 1 aliphatic heterocycles. The van der Waals surface area contributed by atoms with Crippen LogP contribution < -0.4 is 0 Å². The van der Waals surface area contributed by atoms with Crippen molar-refractivity contribution in [1.82, 2.24) is 9.88 Å². The lowest BCUT2D eigenvalue weighted by Crippen LogP contribution is -2.24. The van der Waals surface area contributed by atoms with Gasteiger partial charge in [-0.2, -0.15) is 5.26 Å². The van der Waals surface area contributed by atoms with Crippen LogP contribution in [-0.2, 0) is 4.79 Å². The lowest BCUT2D eigenvalue weighted by Gasteiger charge is -2.15. The number of hydrogen-bond donors (Lipinski definition) is 0. The van der Waals surface area contributed by atoms with Crippen molar-refractivity contribution < 1.29 is 4.79 Å². The topological polar surface area (TPSA) is 57.0 Å². The van der Waals surface area contributed by atoms with E-state index >= 15 is 0 Å². The number of rotatable bonds is 2. The van der Waals surface area contributed by atoms with E-state index in [0.29, 0.717) is 23.6 Å². The highest BCUT2D eigenvalue weighted by Crippen LogP contribution is 2.34. The van der Waals surface area contributed by atoms with E-state index < -0.39 is 0 Å². The molecule has 1 saturated heterocycles. The summed E-state index contributed by atoms with van der Waals surface area (Å²) in [5.41, 5.74) is 1.09. The van der Waals surface area contributed by atoms with Gasteiger partial charge in [0, 0.05) is 12.7 Å². The molecule has 5 heteroatoms. The maximum Gasteiger partial charge on any atom is 0.237 e. The molecule has 1 aliphatic rings. The first-order valence-corrected chi connectivity index (χ1v) is 6.25. The van der Waals surface area contributed by atoms with Crippen molar-refractivity contribution in [1.29, 1.82) is 5.26 Å². The fourth-order valence-corrected chi connectivity index (χ4v) is 2.75. The molecular weight excluding hydrogens is 234 g/mol. The molecule has 1 fully saturated rings. The number of nitriles is 1. The minimum atomic E-state index is 0.0520. The summed E-state index contributed by atoms with van der Waals surface area (Å²) in [4.78, 5) is 17.4. The van der Waals surface area contributed by atoms with Crippen LogP contribution in [0.2, 0.25) is 0 Å². The number of thioether (sulfide) groups is 1. The second-order valence-corrected chi connectivity index (χ2v) is 4.40. The average molecular weight is 245 g/mol. The van der Waals surface area contributed by atoms with Crippen molar-refractivity contribution in [2.75, 3.05) is 12.3 Å². The molecule has 2 heterocycles. The van der Waals surface area contributed by atoms with Gasteiger partial charge in [-0.25, -0.2) is 0 Å². The first-order chi connectivity index (χ1) is 8.27. The summed E-state index contributed by atoms with van der Waals surface area (Å²) in [6.07, 6.45) is 1.64. The van der Waals surface area contributed by atoms with Gasteiger partial charge in [0.05, 0.1) is 16.5 Å². The molecule has 17 heavy (non-hydrogen) atoms. The van der Waals surface area contributed by atoms with E-state index in [1.807, 2.05) is 13.0 Å². The minimum absolute atomic E-state index is 0.0520. The summed E-state index contributed by atoms with van der Waals surface area (Å²) in [5, 5.41) is 9.96. The predicted molar refractivity (Wildman–Crippen MR) is 66.6 cm³/mol. The fraction of sp³-hybridized carbons (Fsp3) is 0.250. The standard InChI is InChI=1S/C12H11N3OS/c1-2-15-11(16)8-17-12(15)9(7-13)10-5-3-4-6-14-10/h3-6H,2,8H2,1H3. The fourth-order valence-electron chi connectivity index (χ4n) is 1.65. The zero-order valence-corrected chi connectivity index (χ0v) is 10.2. The quantitative estimate of drug-likeness (QED) is 0.746. The molecule has 86 valence electrons. The van der Waals surface area contributed by atoms with Crippen molar-refractivity contribution in [3.8, 4) is 6.07 Å². The number of allylic oxidation sites excluding steroid dienone is 1. The van der Waals surface area contributed by atoms with E-state index in [1.54, 1.807) is 23.2 Å². The highest BCUT2D eigenvalue weighted by molar-refractivity contribution is 8.04. The van der Waals surface area contributed by atoms with Gasteiger partial charge in [-0.3, -0.25) is 9.78 Å². The van der Waals surface area contributed by atoms with Crippen LogP contribution in [0.1, 0.15) is 12.6 Å². The molecule has 1 aromatic heterocycles. The molecule has 0 spiro atoms. The van der Waals surface area contributed by atoms with Gasteiger partial charge in [0.2, 0.25) is 5.91 Å². The molecule has 1 amide bonds. The molecule has 0 saturated carbocycles. The van der Waals surface area contributed by atoms with E-state index in [1.165, 1.54) is 11.8 Å². The molecule has 0 atom stereocenters. The highest BCUT2D eigenvalue weighted by Gasteiger charge is 2.28. The molecule has 0 aromatic carbocycles. The third-order valence-electron chi connectivity index (χ3n) is 2.44. The van der Waals surface area contributed by atoms with Gasteiger partial charge < -0.3 is 4.90 Å². The Morgan fingerprint density at radius 3 is 3.06 bits per heavy atom. The van der Waals surface area contributed by atoms with Crippen molar-refractivity contribution in [2.45, 2.75) is 6.92 Å². The second-order valence-electron chi connectivity index (χ2n) is 3.43. The van der Waals surface area contributed by atoms with Crippen molar-refractivity contribution >= 4 is 23.2 Å². The Balaban J connectivity index is 2.49. The number of carbonyl (C=O) groups excluding carboxylic acids is 1. The monoisotopic (exact) mass is 245 g/mol. The Kier molecular flexibility index (Phi) is 3.45. The van der Waals surface area contributed by atoms with E-state index in [-0.39, 0.29) is 5.91 Å². The van der Waals surface area contributed by atoms with Crippen LogP contribution in [0.15, 0.2) is 29.4 Å². The minimum Gasteiger partial charge on any atom is -0.305 e. The zero-order chi connectivity index (χ0) is 12.3. The molecule has 4 nitrogen and oxygen atoms in total. The Morgan fingerprint density at radius 1 is 1.65 bits per heavy atom. The molecule has 2 rings (SSSR count). The van der Waals surface area contributed by atoms with Crippen molar-refractivity contribution in [3.63, 3.8) is 0 Å². The van der Waals surface area contributed by atoms with E-state index in [9.17, 15) is 10.1 Å². The first kappa shape index (κ1) is 11.7. The zero-order valence-electron chi connectivity index (χ0n) is 9.38. The van der Waals surface area contributed by atoms with Crippen LogP contribution in [0.25, 0.3) is 5.57 Å². The summed E-state index contributed by atoms with van der Waals surface area (Å²) in [6.45, 7) is 2.48. The number of pyridine rings is 1. The molecule has 0 aliphatic carbocycles. The maximum absolute atomic E-state index is 11.6. The van der Waals surface area contributed by atoms with Crippen molar-refractivity contribution in [3.05, 3.63) is 35.1 Å². The number of aromatic nitrogens is 1. The normalized spacial score (nSPS) is 18.1. The summed E-state index contributed by atoms with van der Waals surface area (Å²) < 4.78 is 0. The largest absolute Gasteiger partial charge is 0.305 e. The van der Waals surface area contributed by atoms with E-state index in [0.717, 1.165) is 5.03 Å². The van der Waals surface area contributed by atoms with Gasteiger partial charge in [0.15, 0.2) is 0 Å². The lowest BCUT2D eigenvalue weighted by atomic mass is 10.2. The summed E-state index contributed by atoms with van der Waals surface area (Å²) in [5.74, 6) is 0.456. The highest BCUT2D eigenvalue weighted by atomic mass is 32.2. The third kappa shape index (κ3) is 2.17. The van der Waals surface area contributed by atoms with Gasteiger partial charge in [0.25, 0.3) is 0 Å². The first-order valence-electron chi connectivity index (χ1n) is 5.27. The Labute approximate surface area is 104 Å². The molecule has 0 unspecified atom stereocenters. The summed E-state index contributed by atoms with van der Waals surface area (Å²) in [7, 11) is 0. The molecule has 1 aromatic rings. The third-order valence-corrected chi connectivity index (χ3v) is 3.53. The molecule has 0 N–H and O–H groups in total.